The number of hydrogen-bond donors (Lipinski definition) is 1. The highest BCUT2D eigenvalue weighted by Crippen LogP contribution is 2.32. The highest BCUT2D eigenvalue weighted by molar-refractivity contribution is 9.10. The maximum atomic E-state index is 13.4. The Hall–Kier alpha value is -2.23. The number of amides is 2. The van der Waals surface area contributed by atoms with E-state index in [1.807, 2.05) is 25.1 Å². The number of carbonyl (C=O) groups is 2. The number of carbonyl (C=O) groups excluding carboxylic acids is 2. The van der Waals surface area contributed by atoms with Gasteiger partial charge in [-0.3, -0.25) is 9.59 Å². The Balaban J connectivity index is 1.51. The second kappa shape index (κ2) is 9.56. The Kier molecular flexibility index (Phi) is 6.93. The molecule has 1 fully saturated rings. The normalized spacial score (nSPS) is 19.1. The molecule has 0 radical (unpaired) electrons. The number of hydrogen-bond acceptors (Lipinski definition) is 4. The Bertz CT molecular complexity index is 1200. The van der Waals surface area contributed by atoms with Gasteiger partial charge in [-0.25, -0.2) is 8.42 Å². The zero-order valence-electron chi connectivity index (χ0n) is 18.8. The molecule has 2 aromatic carbocycles. The Morgan fingerprint density at radius 2 is 1.88 bits per heavy atom. The number of rotatable bonds is 4. The fraction of sp³-hybridized carbons (Fsp3) is 0.417. The molecule has 2 aromatic rings. The molecule has 1 saturated heterocycles. The number of anilines is 2. The zero-order valence-corrected chi connectivity index (χ0v) is 21.2. The topological polar surface area (TPSA) is 86.8 Å². The molecule has 0 aliphatic carbocycles. The second-order valence-corrected chi connectivity index (χ2v) is 11.5. The fourth-order valence-electron chi connectivity index (χ4n) is 4.55. The molecule has 2 aliphatic heterocycles. The predicted octanol–water partition coefficient (Wildman–Crippen LogP) is 4.10. The molecule has 2 heterocycles. The molecular weight excluding hydrogens is 506 g/mol. The molecule has 0 saturated carbocycles. The highest BCUT2D eigenvalue weighted by atomic mass is 79.9. The van der Waals surface area contributed by atoms with Gasteiger partial charge in [0, 0.05) is 42.4 Å². The molecule has 7 nitrogen and oxygen atoms in total. The Morgan fingerprint density at radius 3 is 2.61 bits per heavy atom. The van der Waals surface area contributed by atoms with Crippen molar-refractivity contribution in [3.05, 3.63) is 52.0 Å². The van der Waals surface area contributed by atoms with Gasteiger partial charge in [0.15, 0.2) is 0 Å². The smallest absolute Gasteiger partial charge is 0.243 e. The van der Waals surface area contributed by atoms with Crippen molar-refractivity contribution < 1.29 is 18.0 Å². The number of aryl methyl sites for hydroxylation is 2. The predicted molar refractivity (Wildman–Crippen MR) is 132 cm³/mol. The van der Waals surface area contributed by atoms with E-state index in [1.165, 1.54) is 11.2 Å². The molecule has 4 rings (SSSR count). The minimum Gasteiger partial charge on any atom is -0.326 e. The largest absolute Gasteiger partial charge is 0.326 e. The van der Waals surface area contributed by atoms with E-state index >= 15 is 0 Å². The standard InChI is InChI=1S/C24H28BrN3O4S/c1-16-13-20(7-9-22(16)25)26-24(30)19-6-3-11-27(15-19)33(31,32)21-8-10-23-18(14-21)5-4-12-28(23)17(2)29/h7-10,13-14,19H,3-6,11-12,15H2,1-2H3,(H,26,30)/t19-/m0/s1. The monoisotopic (exact) mass is 533 g/mol. The molecular formula is C24H28BrN3O4S. The fourth-order valence-corrected chi connectivity index (χ4v) is 6.37. The van der Waals surface area contributed by atoms with E-state index in [9.17, 15) is 18.0 Å². The number of fused-ring (bicyclic) bond motifs is 1. The molecule has 176 valence electrons. The summed E-state index contributed by atoms with van der Waals surface area (Å²) in [4.78, 5) is 26.7. The van der Waals surface area contributed by atoms with E-state index in [1.54, 1.807) is 23.1 Å². The Morgan fingerprint density at radius 1 is 1.09 bits per heavy atom. The van der Waals surface area contributed by atoms with E-state index in [2.05, 4.69) is 21.2 Å². The van der Waals surface area contributed by atoms with Gasteiger partial charge in [0.1, 0.15) is 0 Å². The summed E-state index contributed by atoms with van der Waals surface area (Å²) in [5, 5.41) is 2.93. The summed E-state index contributed by atoms with van der Waals surface area (Å²) in [6.07, 6.45) is 2.81. The van der Waals surface area contributed by atoms with Gasteiger partial charge in [-0.2, -0.15) is 4.31 Å². The first-order valence-electron chi connectivity index (χ1n) is 11.1. The highest BCUT2D eigenvalue weighted by Gasteiger charge is 2.34. The third kappa shape index (κ3) is 5.00. The van der Waals surface area contributed by atoms with E-state index in [4.69, 9.17) is 0 Å². The molecule has 1 N–H and O–H groups in total. The van der Waals surface area contributed by atoms with Crippen molar-refractivity contribution in [3.63, 3.8) is 0 Å². The molecule has 0 spiro atoms. The van der Waals surface area contributed by atoms with Crippen molar-refractivity contribution in [2.75, 3.05) is 29.9 Å². The van der Waals surface area contributed by atoms with Gasteiger partial charge < -0.3 is 10.2 Å². The van der Waals surface area contributed by atoms with Crippen LogP contribution in [0.15, 0.2) is 45.8 Å². The van der Waals surface area contributed by atoms with Crippen LogP contribution in [0.1, 0.15) is 37.3 Å². The molecule has 0 aromatic heterocycles. The third-order valence-electron chi connectivity index (χ3n) is 6.37. The van der Waals surface area contributed by atoms with Crippen LogP contribution in [0.2, 0.25) is 0 Å². The first kappa shape index (κ1) is 23.9. The summed E-state index contributed by atoms with van der Waals surface area (Å²) in [7, 11) is -3.74. The molecule has 33 heavy (non-hydrogen) atoms. The maximum Gasteiger partial charge on any atom is 0.243 e. The van der Waals surface area contributed by atoms with Crippen LogP contribution in [0, 0.1) is 12.8 Å². The van der Waals surface area contributed by atoms with Crippen molar-refractivity contribution >= 4 is 49.1 Å². The lowest BCUT2D eigenvalue weighted by Gasteiger charge is -2.32. The van der Waals surface area contributed by atoms with Crippen LogP contribution in [-0.4, -0.2) is 44.2 Å². The number of nitrogens with one attached hydrogen (secondary N) is 1. The van der Waals surface area contributed by atoms with Gasteiger partial charge in [-0.05, 0) is 80.1 Å². The maximum absolute atomic E-state index is 13.4. The third-order valence-corrected chi connectivity index (χ3v) is 9.12. The number of benzene rings is 2. The molecule has 9 heteroatoms. The van der Waals surface area contributed by atoms with Gasteiger partial charge in [0.2, 0.25) is 21.8 Å². The lowest BCUT2D eigenvalue weighted by Crippen LogP contribution is -2.43. The first-order chi connectivity index (χ1) is 15.7. The van der Waals surface area contributed by atoms with Crippen LogP contribution in [0.4, 0.5) is 11.4 Å². The average molecular weight is 534 g/mol. The van der Waals surface area contributed by atoms with Crippen LogP contribution in [0.5, 0.6) is 0 Å². The van der Waals surface area contributed by atoms with Crippen molar-refractivity contribution in [3.8, 4) is 0 Å². The number of halogens is 1. The van der Waals surface area contributed by atoms with Crippen LogP contribution in [-0.2, 0) is 26.0 Å². The summed E-state index contributed by atoms with van der Waals surface area (Å²) in [6, 6.07) is 10.6. The van der Waals surface area contributed by atoms with Crippen molar-refractivity contribution in [2.45, 2.75) is 44.4 Å². The van der Waals surface area contributed by atoms with Crippen molar-refractivity contribution in [2.24, 2.45) is 5.92 Å². The van der Waals surface area contributed by atoms with E-state index in [0.717, 1.165) is 34.1 Å². The summed E-state index contributed by atoms with van der Waals surface area (Å²) in [5.41, 5.74) is 3.37. The summed E-state index contributed by atoms with van der Waals surface area (Å²) in [6.45, 7) is 4.66. The van der Waals surface area contributed by atoms with Crippen LogP contribution in [0.3, 0.4) is 0 Å². The summed E-state index contributed by atoms with van der Waals surface area (Å²) >= 11 is 3.45. The molecule has 0 unspecified atom stereocenters. The van der Waals surface area contributed by atoms with Crippen molar-refractivity contribution in [1.82, 2.24) is 4.31 Å². The number of sulfonamides is 1. The van der Waals surface area contributed by atoms with Gasteiger partial charge >= 0.3 is 0 Å². The molecule has 2 amide bonds. The van der Waals surface area contributed by atoms with Crippen LogP contribution >= 0.6 is 15.9 Å². The van der Waals surface area contributed by atoms with Crippen LogP contribution < -0.4 is 10.2 Å². The molecule has 1 atom stereocenters. The van der Waals surface area contributed by atoms with E-state index in [-0.39, 0.29) is 23.3 Å². The minimum absolute atomic E-state index is 0.0441. The lowest BCUT2D eigenvalue weighted by atomic mass is 9.98. The number of piperidine rings is 1. The number of nitrogens with zero attached hydrogens (tertiary/aromatic N) is 2. The van der Waals surface area contributed by atoms with Crippen molar-refractivity contribution in [1.29, 1.82) is 0 Å². The zero-order chi connectivity index (χ0) is 23.8. The van der Waals surface area contributed by atoms with Gasteiger partial charge in [-0.15, -0.1) is 0 Å². The lowest BCUT2D eigenvalue weighted by molar-refractivity contribution is -0.121. The van der Waals surface area contributed by atoms with Gasteiger partial charge in [-0.1, -0.05) is 15.9 Å². The average Bonchev–Trinajstić information content (AvgIpc) is 2.80. The summed E-state index contributed by atoms with van der Waals surface area (Å²) in [5.74, 6) is -0.625. The van der Waals surface area contributed by atoms with E-state index in [0.29, 0.717) is 31.6 Å². The van der Waals surface area contributed by atoms with Crippen LogP contribution in [0.25, 0.3) is 0 Å². The van der Waals surface area contributed by atoms with Gasteiger partial charge in [0.25, 0.3) is 0 Å². The SMILES string of the molecule is CC(=O)N1CCCc2cc(S(=O)(=O)N3CCC[C@H](C(=O)Nc4ccc(Br)c(C)c4)C3)ccc21. The summed E-state index contributed by atoms with van der Waals surface area (Å²) < 4.78 is 29.2. The van der Waals surface area contributed by atoms with E-state index < -0.39 is 15.9 Å². The quantitative estimate of drug-likeness (QED) is 0.640. The molecule has 2 aliphatic rings. The molecule has 0 bridgehead atoms. The Labute approximate surface area is 203 Å². The second-order valence-electron chi connectivity index (χ2n) is 8.72. The van der Waals surface area contributed by atoms with Gasteiger partial charge in [0.05, 0.1) is 10.8 Å². The minimum atomic E-state index is -3.74. The first-order valence-corrected chi connectivity index (χ1v) is 13.4.